The molecule has 150 valence electrons. The molecular formula is C21H24N6O2. The summed E-state index contributed by atoms with van der Waals surface area (Å²) < 4.78 is 5.61. The molecule has 1 atom stereocenters. The van der Waals surface area contributed by atoms with Gasteiger partial charge in [-0.1, -0.05) is 5.16 Å². The van der Waals surface area contributed by atoms with Crippen LogP contribution in [0.25, 0.3) is 11.3 Å². The number of amides is 1. The van der Waals surface area contributed by atoms with E-state index in [0.717, 1.165) is 35.4 Å². The number of pyridine rings is 1. The van der Waals surface area contributed by atoms with Crippen molar-refractivity contribution in [2.45, 2.75) is 32.7 Å². The molecule has 4 rings (SSSR count). The molecule has 3 aromatic rings. The van der Waals surface area contributed by atoms with Crippen molar-refractivity contribution in [3.05, 3.63) is 53.2 Å². The second-order valence-electron chi connectivity index (χ2n) is 7.48. The Morgan fingerprint density at radius 3 is 2.66 bits per heavy atom. The zero-order valence-corrected chi connectivity index (χ0v) is 17.1. The van der Waals surface area contributed by atoms with E-state index in [1.165, 1.54) is 0 Å². The first kappa shape index (κ1) is 19.0. The smallest absolute Gasteiger partial charge is 0.254 e. The molecule has 3 aromatic heterocycles. The summed E-state index contributed by atoms with van der Waals surface area (Å²) in [7, 11) is 3.80. The van der Waals surface area contributed by atoms with Crippen LogP contribution in [0, 0.1) is 13.8 Å². The Balaban J connectivity index is 1.80. The number of carbonyl (C=O) groups excluding carboxylic acids is 1. The fourth-order valence-electron chi connectivity index (χ4n) is 3.65. The molecule has 0 aromatic carbocycles. The summed E-state index contributed by atoms with van der Waals surface area (Å²) in [6.07, 6.45) is 6.80. The molecule has 1 fully saturated rings. The number of hydrogen-bond donors (Lipinski definition) is 0. The predicted molar refractivity (Wildman–Crippen MR) is 109 cm³/mol. The van der Waals surface area contributed by atoms with Gasteiger partial charge in [-0.15, -0.1) is 0 Å². The van der Waals surface area contributed by atoms with E-state index in [-0.39, 0.29) is 11.9 Å². The Kier molecular flexibility index (Phi) is 5.00. The number of likely N-dealkylation sites (tertiary alicyclic amines) is 1. The van der Waals surface area contributed by atoms with Crippen LogP contribution < -0.4 is 4.90 Å². The second kappa shape index (κ2) is 7.62. The average molecular weight is 392 g/mol. The third-order valence-corrected chi connectivity index (χ3v) is 5.36. The van der Waals surface area contributed by atoms with E-state index in [9.17, 15) is 4.79 Å². The van der Waals surface area contributed by atoms with Crippen molar-refractivity contribution >= 4 is 11.9 Å². The van der Waals surface area contributed by atoms with Crippen molar-refractivity contribution < 1.29 is 9.32 Å². The summed E-state index contributed by atoms with van der Waals surface area (Å²) in [4.78, 5) is 30.2. The summed E-state index contributed by atoms with van der Waals surface area (Å²) in [6, 6.07) is 3.33. The molecule has 4 heterocycles. The SMILES string of the molecule is Cc1noc(-c2cnc(N(C)C)nc2[C@H]2CCCN2C(=O)c2ccncc2)c1C. The summed E-state index contributed by atoms with van der Waals surface area (Å²) >= 11 is 0. The summed E-state index contributed by atoms with van der Waals surface area (Å²) in [6.45, 7) is 4.56. The molecule has 0 unspecified atom stereocenters. The van der Waals surface area contributed by atoms with Crippen molar-refractivity contribution in [3.63, 3.8) is 0 Å². The molecule has 0 bridgehead atoms. The van der Waals surface area contributed by atoms with Gasteiger partial charge in [0.1, 0.15) is 0 Å². The molecule has 1 aliphatic heterocycles. The molecule has 0 radical (unpaired) electrons. The molecule has 1 aliphatic rings. The summed E-state index contributed by atoms with van der Waals surface area (Å²) in [5.74, 6) is 1.24. The average Bonchev–Trinajstić information content (AvgIpc) is 3.35. The van der Waals surface area contributed by atoms with Gasteiger partial charge in [-0.3, -0.25) is 9.78 Å². The molecule has 1 saturated heterocycles. The van der Waals surface area contributed by atoms with Crippen LogP contribution in [0.3, 0.4) is 0 Å². The van der Waals surface area contributed by atoms with Gasteiger partial charge in [-0.05, 0) is 38.8 Å². The Morgan fingerprint density at radius 1 is 1.24 bits per heavy atom. The monoisotopic (exact) mass is 392 g/mol. The number of aromatic nitrogens is 4. The van der Waals surface area contributed by atoms with Crippen LogP contribution in [0.2, 0.25) is 0 Å². The van der Waals surface area contributed by atoms with Crippen LogP contribution >= 0.6 is 0 Å². The molecule has 29 heavy (non-hydrogen) atoms. The molecule has 8 nitrogen and oxygen atoms in total. The van der Waals surface area contributed by atoms with E-state index in [2.05, 4.69) is 15.1 Å². The van der Waals surface area contributed by atoms with Gasteiger partial charge in [0, 0.05) is 50.4 Å². The fourth-order valence-corrected chi connectivity index (χ4v) is 3.65. The largest absolute Gasteiger partial charge is 0.356 e. The number of carbonyl (C=O) groups is 1. The van der Waals surface area contributed by atoms with Crippen LogP contribution in [0.1, 0.15) is 46.2 Å². The maximum absolute atomic E-state index is 13.2. The van der Waals surface area contributed by atoms with Crippen LogP contribution in [0.15, 0.2) is 35.2 Å². The summed E-state index contributed by atoms with van der Waals surface area (Å²) in [5, 5.41) is 4.09. The van der Waals surface area contributed by atoms with Crippen LogP contribution in [-0.2, 0) is 0 Å². The molecule has 0 aliphatic carbocycles. The highest BCUT2D eigenvalue weighted by Gasteiger charge is 2.35. The van der Waals surface area contributed by atoms with Gasteiger partial charge in [-0.2, -0.15) is 0 Å². The number of rotatable bonds is 4. The highest BCUT2D eigenvalue weighted by atomic mass is 16.5. The minimum absolute atomic E-state index is 0.0173. The Morgan fingerprint density at radius 2 is 2.00 bits per heavy atom. The maximum Gasteiger partial charge on any atom is 0.254 e. The topological polar surface area (TPSA) is 88.3 Å². The van der Waals surface area contributed by atoms with Crippen molar-refractivity contribution in [1.29, 1.82) is 0 Å². The minimum atomic E-state index is -0.155. The van der Waals surface area contributed by atoms with Crippen molar-refractivity contribution in [2.24, 2.45) is 0 Å². The minimum Gasteiger partial charge on any atom is -0.356 e. The van der Waals surface area contributed by atoms with Gasteiger partial charge in [0.2, 0.25) is 5.95 Å². The van der Waals surface area contributed by atoms with E-state index >= 15 is 0 Å². The Hall–Kier alpha value is -3.29. The number of anilines is 1. The zero-order valence-electron chi connectivity index (χ0n) is 17.1. The quantitative estimate of drug-likeness (QED) is 0.674. The Labute approximate surface area is 169 Å². The first-order valence-electron chi connectivity index (χ1n) is 9.66. The second-order valence-corrected chi connectivity index (χ2v) is 7.48. The van der Waals surface area contributed by atoms with Gasteiger partial charge in [0.25, 0.3) is 5.91 Å². The lowest BCUT2D eigenvalue weighted by Crippen LogP contribution is -2.31. The lowest BCUT2D eigenvalue weighted by Gasteiger charge is -2.26. The third-order valence-electron chi connectivity index (χ3n) is 5.36. The zero-order chi connectivity index (χ0) is 20.5. The number of nitrogens with zero attached hydrogens (tertiary/aromatic N) is 6. The maximum atomic E-state index is 13.2. The molecule has 0 saturated carbocycles. The molecule has 8 heteroatoms. The molecular weight excluding hydrogens is 368 g/mol. The van der Waals surface area contributed by atoms with E-state index in [1.54, 1.807) is 30.7 Å². The lowest BCUT2D eigenvalue weighted by atomic mass is 10.0. The highest BCUT2D eigenvalue weighted by molar-refractivity contribution is 5.94. The molecule has 0 spiro atoms. The van der Waals surface area contributed by atoms with Gasteiger partial charge < -0.3 is 14.3 Å². The van der Waals surface area contributed by atoms with Gasteiger partial charge in [-0.25, -0.2) is 9.97 Å². The number of aryl methyl sites for hydroxylation is 1. The van der Waals surface area contributed by atoms with E-state index in [1.807, 2.05) is 37.7 Å². The third kappa shape index (κ3) is 3.46. The fraction of sp³-hybridized carbons (Fsp3) is 0.381. The van der Waals surface area contributed by atoms with Crippen LogP contribution in [-0.4, -0.2) is 51.6 Å². The summed E-state index contributed by atoms with van der Waals surface area (Å²) in [5.41, 5.74) is 3.99. The van der Waals surface area contributed by atoms with Crippen molar-refractivity contribution in [1.82, 2.24) is 25.0 Å². The van der Waals surface area contributed by atoms with Crippen LogP contribution in [0.5, 0.6) is 0 Å². The van der Waals surface area contributed by atoms with Crippen LogP contribution in [0.4, 0.5) is 5.95 Å². The standard InChI is InChI=1S/C21H24N6O2/c1-13-14(2)25-29-19(13)16-12-23-21(26(3)4)24-18(16)17-6-5-11-27(17)20(28)15-7-9-22-10-8-15/h7-10,12,17H,5-6,11H2,1-4H3/t17-/m1/s1. The first-order valence-corrected chi connectivity index (χ1v) is 9.66. The van der Waals surface area contributed by atoms with Crippen molar-refractivity contribution in [3.8, 4) is 11.3 Å². The van der Waals surface area contributed by atoms with E-state index in [0.29, 0.717) is 23.8 Å². The first-order chi connectivity index (χ1) is 14.0. The highest BCUT2D eigenvalue weighted by Crippen LogP contribution is 2.39. The van der Waals surface area contributed by atoms with E-state index in [4.69, 9.17) is 9.51 Å². The molecule has 1 amide bonds. The predicted octanol–water partition coefficient (Wildman–Crippen LogP) is 3.19. The van der Waals surface area contributed by atoms with Gasteiger partial charge in [0.05, 0.1) is 23.0 Å². The van der Waals surface area contributed by atoms with Gasteiger partial charge in [0.15, 0.2) is 5.76 Å². The van der Waals surface area contributed by atoms with Crippen molar-refractivity contribution in [2.75, 3.05) is 25.5 Å². The Bertz CT molecular complexity index is 1030. The molecule has 0 N–H and O–H groups in total. The number of hydrogen-bond acceptors (Lipinski definition) is 7. The normalized spacial score (nSPS) is 16.3. The van der Waals surface area contributed by atoms with Gasteiger partial charge >= 0.3 is 0 Å². The van der Waals surface area contributed by atoms with E-state index < -0.39 is 0 Å². The lowest BCUT2D eigenvalue weighted by molar-refractivity contribution is 0.0733.